The molecule has 2 N–H and O–H groups in total. The Balaban J connectivity index is 1.68. The zero-order valence-electron chi connectivity index (χ0n) is 16.1. The van der Waals surface area contributed by atoms with Crippen LogP contribution in [0.2, 0.25) is 0 Å². The number of nitrogens with zero attached hydrogens (tertiary/aromatic N) is 1. The van der Waals surface area contributed by atoms with Crippen molar-refractivity contribution in [3.05, 3.63) is 102 Å². The number of benzene rings is 3. The standard InChI is InChI=1S/C25H25N3/c1-2-22(26-18-19-12-6-3-7-13-19)25-27-23(20-14-8-4-9-15-20)24(28-25)21-16-10-5-11-17-21/h3-17,22,26H,2,18H2,1H3,(H,27,28). The van der Waals surface area contributed by atoms with Crippen molar-refractivity contribution in [2.75, 3.05) is 0 Å². The molecule has 0 spiro atoms. The number of rotatable bonds is 7. The van der Waals surface area contributed by atoms with E-state index in [9.17, 15) is 0 Å². The summed E-state index contributed by atoms with van der Waals surface area (Å²) in [5.41, 5.74) is 5.63. The van der Waals surface area contributed by atoms with Gasteiger partial charge in [-0.25, -0.2) is 4.98 Å². The monoisotopic (exact) mass is 367 g/mol. The lowest BCUT2D eigenvalue weighted by atomic mass is 10.1. The van der Waals surface area contributed by atoms with E-state index in [0.717, 1.165) is 41.3 Å². The minimum absolute atomic E-state index is 0.167. The van der Waals surface area contributed by atoms with Crippen LogP contribution in [0.25, 0.3) is 22.5 Å². The first-order valence-electron chi connectivity index (χ1n) is 9.83. The van der Waals surface area contributed by atoms with E-state index in [1.807, 2.05) is 18.2 Å². The average molecular weight is 367 g/mol. The largest absolute Gasteiger partial charge is 0.340 e. The van der Waals surface area contributed by atoms with Gasteiger partial charge in [0.2, 0.25) is 0 Å². The van der Waals surface area contributed by atoms with Crippen molar-refractivity contribution >= 4 is 0 Å². The van der Waals surface area contributed by atoms with E-state index in [1.165, 1.54) is 5.56 Å². The molecule has 1 aromatic heterocycles. The zero-order valence-corrected chi connectivity index (χ0v) is 16.1. The Morgan fingerprint density at radius 3 is 1.96 bits per heavy atom. The van der Waals surface area contributed by atoms with Crippen LogP contribution in [0.4, 0.5) is 0 Å². The third kappa shape index (κ3) is 4.05. The van der Waals surface area contributed by atoms with Crippen LogP contribution in [0.1, 0.15) is 30.8 Å². The molecule has 0 bridgehead atoms. The van der Waals surface area contributed by atoms with Crippen molar-refractivity contribution in [2.45, 2.75) is 25.9 Å². The molecule has 3 heteroatoms. The summed E-state index contributed by atoms with van der Waals surface area (Å²) < 4.78 is 0. The van der Waals surface area contributed by atoms with Crippen molar-refractivity contribution in [3.63, 3.8) is 0 Å². The molecule has 0 amide bonds. The van der Waals surface area contributed by atoms with Gasteiger partial charge in [0.25, 0.3) is 0 Å². The number of H-pyrrole nitrogens is 1. The van der Waals surface area contributed by atoms with Gasteiger partial charge in [-0.05, 0) is 12.0 Å². The van der Waals surface area contributed by atoms with Gasteiger partial charge in [-0.3, -0.25) is 0 Å². The zero-order chi connectivity index (χ0) is 19.2. The summed E-state index contributed by atoms with van der Waals surface area (Å²) in [6.45, 7) is 3.01. The lowest BCUT2D eigenvalue weighted by molar-refractivity contribution is 0.498. The summed E-state index contributed by atoms with van der Waals surface area (Å²) in [5.74, 6) is 0.983. The Kier molecular flexibility index (Phi) is 5.64. The molecular weight excluding hydrogens is 342 g/mol. The van der Waals surface area contributed by atoms with E-state index >= 15 is 0 Å². The molecule has 1 unspecified atom stereocenters. The van der Waals surface area contributed by atoms with Gasteiger partial charge in [-0.15, -0.1) is 0 Å². The highest BCUT2D eigenvalue weighted by atomic mass is 15.0. The van der Waals surface area contributed by atoms with Crippen molar-refractivity contribution < 1.29 is 0 Å². The molecule has 0 aliphatic heterocycles. The van der Waals surface area contributed by atoms with Gasteiger partial charge in [0.15, 0.2) is 0 Å². The summed E-state index contributed by atoms with van der Waals surface area (Å²) in [4.78, 5) is 8.63. The fourth-order valence-corrected chi connectivity index (χ4v) is 3.45. The quantitative estimate of drug-likeness (QED) is 0.421. The lowest BCUT2D eigenvalue weighted by Crippen LogP contribution is -2.21. The maximum Gasteiger partial charge on any atom is 0.124 e. The normalized spacial score (nSPS) is 12.0. The predicted molar refractivity (Wildman–Crippen MR) is 116 cm³/mol. The van der Waals surface area contributed by atoms with Crippen molar-refractivity contribution in [1.82, 2.24) is 15.3 Å². The average Bonchev–Trinajstić information content (AvgIpc) is 3.21. The Morgan fingerprint density at radius 2 is 1.36 bits per heavy atom. The number of hydrogen-bond acceptors (Lipinski definition) is 2. The number of aromatic nitrogens is 2. The predicted octanol–water partition coefficient (Wildman–Crippen LogP) is 5.98. The van der Waals surface area contributed by atoms with Gasteiger partial charge < -0.3 is 10.3 Å². The first kappa shape index (κ1) is 18.2. The van der Waals surface area contributed by atoms with Crippen LogP contribution in [0, 0.1) is 0 Å². The minimum Gasteiger partial charge on any atom is -0.340 e. The van der Waals surface area contributed by atoms with E-state index < -0.39 is 0 Å². The highest BCUT2D eigenvalue weighted by molar-refractivity contribution is 5.78. The molecule has 0 radical (unpaired) electrons. The van der Waals surface area contributed by atoms with Gasteiger partial charge in [-0.2, -0.15) is 0 Å². The summed E-state index contributed by atoms with van der Waals surface area (Å²) in [6.07, 6.45) is 0.961. The van der Waals surface area contributed by atoms with Gasteiger partial charge >= 0.3 is 0 Å². The minimum atomic E-state index is 0.167. The number of aromatic amines is 1. The van der Waals surface area contributed by atoms with Crippen LogP contribution >= 0.6 is 0 Å². The number of hydrogen-bond donors (Lipinski definition) is 2. The van der Waals surface area contributed by atoms with Crippen LogP contribution in [0.3, 0.4) is 0 Å². The maximum absolute atomic E-state index is 5.02. The Hall–Kier alpha value is -3.17. The van der Waals surface area contributed by atoms with Crippen molar-refractivity contribution in [2.24, 2.45) is 0 Å². The fraction of sp³-hybridized carbons (Fsp3) is 0.160. The third-order valence-electron chi connectivity index (χ3n) is 4.97. The van der Waals surface area contributed by atoms with E-state index in [2.05, 4.69) is 90.0 Å². The van der Waals surface area contributed by atoms with Gasteiger partial charge in [-0.1, -0.05) is 97.9 Å². The second-order valence-electron chi connectivity index (χ2n) is 6.91. The van der Waals surface area contributed by atoms with Gasteiger partial charge in [0, 0.05) is 17.7 Å². The molecule has 140 valence electrons. The van der Waals surface area contributed by atoms with E-state index in [-0.39, 0.29) is 6.04 Å². The number of nitrogens with one attached hydrogen (secondary N) is 2. The molecule has 4 aromatic rings. The molecular formula is C25H25N3. The Bertz CT molecular complexity index is 935. The molecule has 3 aromatic carbocycles. The van der Waals surface area contributed by atoms with Gasteiger partial charge in [0.1, 0.15) is 5.82 Å². The Labute approximate surface area is 166 Å². The van der Waals surface area contributed by atoms with Crippen LogP contribution in [0.5, 0.6) is 0 Å². The second-order valence-corrected chi connectivity index (χ2v) is 6.91. The lowest BCUT2D eigenvalue weighted by Gasteiger charge is -2.14. The first-order chi connectivity index (χ1) is 13.8. The SMILES string of the molecule is CCC(NCc1ccccc1)c1nc(-c2ccccc2)c(-c2ccccc2)[nH]1. The second kappa shape index (κ2) is 8.68. The van der Waals surface area contributed by atoms with Crippen molar-refractivity contribution in [3.8, 4) is 22.5 Å². The molecule has 1 heterocycles. The summed E-state index contributed by atoms with van der Waals surface area (Å²) in [7, 11) is 0. The molecule has 0 saturated heterocycles. The van der Waals surface area contributed by atoms with Crippen LogP contribution in [-0.4, -0.2) is 9.97 Å². The molecule has 0 saturated carbocycles. The van der Waals surface area contributed by atoms with E-state index in [4.69, 9.17) is 4.98 Å². The maximum atomic E-state index is 5.02. The summed E-state index contributed by atoms with van der Waals surface area (Å²) in [6, 6.07) is 31.5. The topological polar surface area (TPSA) is 40.7 Å². The molecule has 1 atom stereocenters. The van der Waals surface area contributed by atoms with Crippen LogP contribution in [-0.2, 0) is 6.54 Å². The smallest absolute Gasteiger partial charge is 0.124 e. The molecule has 28 heavy (non-hydrogen) atoms. The molecule has 0 aliphatic rings. The summed E-state index contributed by atoms with van der Waals surface area (Å²) in [5, 5.41) is 3.65. The van der Waals surface area contributed by atoms with Crippen LogP contribution in [0.15, 0.2) is 91.0 Å². The third-order valence-corrected chi connectivity index (χ3v) is 4.97. The van der Waals surface area contributed by atoms with Crippen LogP contribution < -0.4 is 5.32 Å². The Morgan fingerprint density at radius 1 is 0.786 bits per heavy atom. The molecule has 4 rings (SSSR count). The highest BCUT2D eigenvalue weighted by Gasteiger charge is 2.19. The van der Waals surface area contributed by atoms with E-state index in [0.29, 0.717) is 0 Å². The first-order valence-corrected chi connectivity index (χ1v) is 9.83. The molecule has 0 fully saturated rings. The number of imidazole rings is 1. The summed E-state index contributed by atoms with van der Waals surface area (Å²) >= 11 is 0. The highest BCUT2D eigenvalue weighted by Crippen LogP contribution is 2.32. The molecule has 0 aliphatic carbocycles. The van der Waals surface area contributed by atoms with Gasteiger partial charge in [0.05, 0.1) is 17.4 Å². The van der Waals surface area contributed by atoms with E-state index in [1.54, 1.807) is 0 Å². The fourth-order valence-electron chi connectivity index (χ4n) is 3.45. The van der Waals surface area contributed by atoms with Crippen molar-refractivity contribution in [1.29, 1.82) is 0 Å². The molecule has 3 nitrogen and oxygen atoms in total.